The van der Waals surface area contributed by atoms with Crippen molar-refractivity contribution >= 4 is 40.3 Å². The van der Waals surface area contributed by atoms with E-state index in [1.54, 1.807) is 30.2 Å². The van der Waals surface area contributed by atoms with Gasteiger partial charge in [-0.25, -0.2) is 9.37 Å². The first-order chi connectivity index (χ1) is 15.6. The second-order valence-electron chi connectivity index (χ2n) is 7.81. The first-order valence-electron chi connectivity index (χ1n) is 10.3. The molecule has 2 aromatic heterocycles. The minimum atomic E-state index is -0.351. The second-order valence-corrected chi connectivity index (χ2v) is 9.16. The van der Waals surface area contributed by atoms with Crippen LogP contribution in [0.1, 0.15) is 34.3 Å². The van der Waals surface area contributed by atoms with Gasteiger partial charge in [0.25, 0.3) is 5.91 Å². The molecular weight excluding hydrogens is 447 g/mol. The molecule has 1 saturated carbocycles. The van der Waals surface area contributed by atoms with Gasteiger partial charge in [-0.15, -0.1) is 0 Å². The maximum atomic E-state index is 13.4. The van der Waals surface area contributed by atoms with Gasteiger partial charge in [-0.1, -0.05) is 41.6 Å². The van der Waals surface area contributed by atoms with Crippen molar-refractivity contribution in [3.8, 4) is 0 Å². The SMILES string of the molecule is O=C(NC1CC1)c1ccc(Cn2c(SCc3ccc(F)cc3Cl)nc3ccncc32)cc1. The second kappa shape index (κ2) is 8.92. The maximum Gasteiger partial charge on any atom is 0.251 e. The van der Waals surface area contributed by atoms with Crippen LogP contribution in [0.15, 0.2) is 66.1 Å². The van der Waals surface area contributed by atoms with Gasteiger partial charge in [0, 0.05) is 28.6 Å². The third kappa shape index (κ3) is 4.64. The number of carbonyl (C=O) groups excluding carboxylic acids is 1. The van der Waals surface area contributed by atoms with E-state index < -0.39 is 0 Å². The topological polar surface area (TPSA) is 59.8 Å². The molecule has 1 aliphatic rings. The Hall–Kier alpha value is -2.90. The monoisotopic (exact) mass is 466 g/mol. The van der Waals surface area contributed by atoms with Crippen molar-refractivity contribution in [2.75, 3.05) is 0 Å². The lowest BCUT2D eigenvalue weighted by Gasteiger charge is -2.10. The van der Waals surface area contributed by atoms with Gasteiger partial charge >= 0.3 is 0 Å². The van der Waals surface area contributed by atoms with Crippen molar-refractivity contribution in [2.45, 2.75) is 36.3 Å². The number of thioether (sulfide) groups is 1. The van der Waals surface area contributed by atoms with E-state index in [9.17, 15) is 9.18 Å². The Bertz CT molecular complexity index is 1290. The Balaban J connectivity index is 1.38. The van der Waals surface area contributed by atoms with Gasteiger partial charge in [0.15, 0.2) is 5.16 Å². The minimum absolute atomic E-state index is 0.0243. The molecule has 0 saturated heterocycles. The third-order valence-electron chi connectivity index (χ3n) is 5.36. The Morgan fingerprint density at radius 2 is 2.00 bits per heavy atom. The van der Waals surface area contributed by atoms with Crippen molar-refractivity contribution < 1.29 is 9.18 Å². The highest BCUT2D eigenvalue weighted by atomic mass is 35.5. The Morgan fingerprint density at radius 3 is 2.75 bits per heavy atom. The van der Waals surface area contributed by atoms with Gasteiger partial charge in [0.2, 0.25) is 0 Å². The fraction of sp³-hybridized carbons (Fsp3) is 0.208. The van der Waals surface area contributed by atoms with Gasteiger partial charge in [-0.05, 0) is 54.3 Å². The van der Waals surface area contributed by atoms with Crippen LogP contribution in [0.3, 0.4) is 0 Å². The van der Waals surface area contributed by atoms with E-state index in [2.05, 4.69) is 14.9 Å². The first-order valence-corrected chi connectivity index (χ1v) is 11.7. The van der Waals surface area contributed by atoms with E-state index in [-0.39, 0.29) is 11.7 Å². The molecule has 2 heterocycles. The molecule has 0 unspecified atom stereocenters. The molecule has 4 aromatic rings. The summed E-state index contributed by atoms with van der Waals surface area (Å²) >= 11 is 7.74. The molecular formula is C24H20ClFN4OS. The Morgan fingerprint density at radius 1 is 1.19 bits per heavy atom. The summed E-state index contributed by atoms with van der Waals surface area (Å²) in [5, 5.41) is 4.24. The number of nitrogens with one attached hydrogen (secondary N) is 1. The number of benzene rings is 2. The maximum absolute atomic E-state index is 13.4. The minimum Gasteiger partial charge on any atom is -0.349 e. The van der Waals surface area contributed by atoms with Crippen molar-refractivity contribution in [2.24, 2.45) is 0 Å². The molecule has 0 aliphatic heterocycles. The van der Waals surface area contributed by atoms with Crippen LogP contribution < -0.4 is 5.32 Å². The Labute approximate surface area is 194 Å². The molecule has 0 atom stereocenters. The number of halogens is 2. The molecule has 1 amide bonds. The number of pyridine rings is 1. The van der Waals surface area contributed by atoms with Crippen LogP contribution in [0.4, 0.5) is 4.39 Å². The summed E-state index contributed by atoms with van der Waals surface area (Å²) in [6, 6.07) is 14.3. The van der Waals surface area contributed by atoms with Crippen LogP contribution in [0.25, 0.3) is 11.0 Å². The number of hydrogen-bond acceptors (Lipinski definition) is 4. The fourth-order valence-electron chi connectivity index (χ4n) is 3.43. The zero-order valence-corrected chi connectivity index (χ0v) is 18.7. The van der Waals surface area contributed by atoms with Crippen molar-refractivity contribution in [1.29, 1.82) is 0 Å². The molecule has 0 spiro atoms. The lowest BCUT2D eigenvalue weighted by molar-refractivity contribution is 0.0951. The third-order valence-corrected chi connectivity index (χ3v) is 6.73. The van der Waals surface area contributed by atoms with Gasteiger partial charge < -0.3 is 9.88 Å². The average molecular weight is 467 g/mol. The lowest BCUT2D eigenvalue weighted by atomic mass is 10.1. The lowest BCUT2D eigenvalue weighted by Crippen LogP contribution is -2.25. The van der Waals surface area contributed by atoms with E-state index in [1.165, 1.54) is 12.1 Å². The number of hydrogen-bond donors (Lipinski definition) is 1. The fourth-order valence-corrected chi connectivity index (χ4v) is 4.76. The number of fused-ring (bicyclic) bond motifs is 1. The number of carbonyl (C=O) groups is 1. The summed E-state index contributed by atoms with van der Waals surface area (Å²) < 4.78 is 15.5. The number of amides is 1. The molecule has 0 radical (unpaired) electrons. The van der Waals surface area contributed by atoms with Crippen LogP contribution >= 0.6 is 23.4 Å². The molecule has 8 heteroatoms. The molecule has 162 valence electrons. The van der Waals surface area contributed by atoms with Gasteiger partial charge in [0.1, 0.15) is 5.82 Å². The van der Waals surface area contributed by atoms with Crippen LogP contribution in [-0.4, -0.2) is 26.5 Å². The van der Waals surface area contributed by atoms with E-state index >= 15 is 0 Å². The molecule has 1 aliphatic carbocycles. The summed E-state index contributed by atoms with van der Waals surface area (Å²) in [6.07, 6.45) is 5.65. The van der Waals surface area contributed by atoms with Crippen molar-refractivity contribution in [3.05, 3.63) is 88.5 Å². The van der Waals surface area contributed by atoms with E-state index in [0.29, 0.717) is 28.9 Å². The molecule has 0 bridgehead atoms. The largest absolute Gasteiger partial charge is 0.349 e. The van der Waals surface area contributed by atoms with Crippen molar-refractivity contribution in [1.82, 2.24) is 19.9 Å². The highest BCUT2D eigenvalue weighted by Crippen LogP contribution is 2.30. The van der Waals surface area contributed by atoms with Crippen molar-refractivity contribution in [3.63, 3.8) is 0 Å². The highest BCUT2D eigenvalue weighted by Gasteiger charge is 2.23. The molecule has 1 fully saturated rings. The number of nitrogens with zero attached hydrogens (tertiary/aromatic N) is 3. The zero-order valence-electron chi connectivity index (χ0n) is 17.1. The van der Waals surface area contributed by atoms with Crippen LogP contribution in [-0.2, 0) is 12.3 Å². The first kappa shape index (κ1) is 21.0. The predicted molar refractivity (Wildman–Crippen MR) is 125 cm³/mol. The van der Waals surface area contributed by atoms with Gasteiger partial charge in [0.05, 0.1) is 23.8 Å². The molecule has 32 heavy (non-hydrogen) atoms. The smallest absolute Gasteiger partial charge is 0.251 e. The number of rotatable bonds is 7. The van der Waals surface area contributed by atoms with E-state index in [1.807, 2.05) is 30.3 Å². The molecule has 2 aromatic carbocycles. The normalized spacial score (nSPS) is 13.4. The Kier molecular flexibility index (Phi) is 5.85. The van der Waals surface area contributed by atoms with Crippen LogP contribution in [0.2, 0.25) is 5.02 Å². The summed E-state index contributed by atoms with van der Waals surface area (Å²) in [5.41, 5.74) is 4.35. The standard InChI is InChI=1S/C24H20ClFN4OS/c25-20-11-18(26)6-5-17(20)14-32-24-29-21-9-10-27-12-22(21)30(24)13-15-1-3-16(4-2-15)23(31)28-19-7-8-19/h1-6,9-12,19H,7-8,13-14H2,(H,28,31). The summed E-state index contributed by atoms with van der Waals surface area (Å²) in [5.74, 6) is 0.191. The number of imidazole rings is 1. The average Bonchev–Trinajstić information content (AvgIpc) is 3.54. The zero-order chi connectivity index (χ0) is 22.1. The predicted octanol–water partition coefficient (Wildman–Crippen LogP) is 5.46. The van der Waals surface area contributed by atoms with Crippen LogP contribution in [0.5, 0.6) is 0 Å². The van der Waals surface area contributed by atoms with Gasteiger partial charge in [-0.2, -0.15) is 0 Å². The molecule has 5 rings (SSSR count). The van der Waals surface area contributed by atoms with E-state index in [4.69, 9.17) is 16.6 Å². The van der Waals surface area contributed by atoms with E-state index in [0.717, 1.165) is 40.2 Å². The quantitative estimate of drug-likeness (QED) is 0.367. The van der Waals surface area contributed by atoms with Gasteiger partial charge in [-0.3, -0.25) is 9.78 Å². The highest BCUT2D eigenvalue weighted by molar-refractivity contribution is 7.98. The summed E-state index contributed by atoms with van der Waals surface area (Å²) in [4.78, 5) is 21.3. The summed E-state index contributed by atoms with van der Waals surface area (Å²) in [7, 11) is 0. The molecule has 5 nitrogen and oxygen atoms in total. The summed E-state index contributed by atoms with van der Waals surface area (Å²) in [6.45, 7) is 0.589. The molecule has 1 N–H and O–H groups in total. The number of aromatic nitrogens is 3. The van der Waals surface area contributed by atoms with Crippen LogP contribution in [0, 0.1) is 5.82 Å².